The van der Waals surface area contributed by atoms with Crippen LogP contribution in [0.1, 0.15) is 98.3 Å². The van der Waals surface area contributed by atoms with Crippen molar-refractivity contribution in [3.8, 4) is 17.2 Å². The van der Waals surface area contributed by atoms with Crippen LogP contribution < -0.4 is 24.8 Å². The number of sulfone groups is 1. The highest BCUT2D eigenvalue weighted by molar-refractivity contribution is 7.91. The number of hydrogen-bond acceptors (Lipinski definition) is 8. The molecular weight excluding hydrogens is 848 g/mol. The number of anilines is 1. The van der Waals surface area contributed by atoms with Crippen molar-refractivity contribution in [1.29, 1.82) is 0 Å². The van der Waals surface area contributed by atoms with Gasteiger partial charge in [0.15, 0.2) is 11.9 Å². The van der Waals surface area contributed by atoms with E-state index in [1.807, 2.05) is 43.3 Å². The standard InChI is InChI=1S/C52H61ClN2O8S/c1-10-43(62-44-29-23-36(50(4,5)11-2)31-41(44)51(6,7)12-3)48(57)54-34-52(8,9)47(56)46(49(58)55-37-21-17-14-18-22-37)63-45-30-28-40(32-42(45)53)64(59,60)39-26-24-38(25-27-39)61-33-35-19-15-13-16-20-35/h13-32,43,46H,10-12,33-34H2,1-9H3,(H,54,57)(H,55,58). The molecule has 0 bridgehead atoms. The number of para-hydroxylation sites is 1. The summed E-state index contributed by atoms with van der Waals surface area (Å²) in [7, 11) is -4.04. The van der Waals surface area contributed by atoms with Crippen molar-refractivity contribution in [2.24, 2.45) is 5.41 Å². The van der Waals surface area contributed by atoms with Gasteiger partial charge in [0, 0.05) is 23.2 Å². The Labute approximate surface area is 384 Å². The molecule has 5 aromatic carbocycles. The fraction of sp³-hybridized carbons (Fsp3) is 0.365. The first-order valence-electron chi connectivity index (χ1n) is 21.7. The molecule has 0 heterocycles. The van der Waals surface area contributed by atoms with Gasteiger partial charge in [0.05, 0.1) is 14.8 Å². The maximum absolute atomic E-state index is 14.4. The van der Waals surface area contributed by atoms with Gasteiger partial charge in [0.1, 0.15) is 23.9 Å². The van der Waals surface area contributed by atoms with Crippen molar-refractivity contribution < 1.29 is 37.0 Å². The molecule has 2 amide bonds. The third kappa shape index (κ3) is 12.1. The molecule has 0 aromatic heterocycles. The summed E-state index contributed by atoms with van der Waals surface area (Å²) in [5, 5.41) is 5.49. The second-order valence-corrected chi connectivity index (χ2v) is 20.2. The zero-order valence-corrected chi connectivity index (χ0v) is 39.9. The molecule has 0 aliphatic carbocycles. The van der Waals surface area contributed by atoms with Crippen LogP contribution in [0, 0.1) is 5.41 Å². The summed E-state index contributed by atoms with van der Waals surface area (Å²) in [5.41, 5.74) is 1.99. The number of rotatable bonds is 21. The van der Waals surface area contributed by atoms with Gasteiger partial charge in [-0.05, 0) is 102 Å². The number of carbonyl (C=O) groups is 3. The molecule has 2 unspecified atom stereocenters. The van der Waals surface area contributed by atoms with E-state index < -0.39 is 45.1 Å². The molecule has 0 aliphatic heterocycles. The molecule has 0 radical (unpaired) electrons. The number of carbonyl (C=O) groups excluding carboxylic acids is 3. The van der Waals surface area contributed by atoms with Crippen molar-refractivity contribution in [3.63, 3.8) is 0 Å². The van der Waals surface area contributed by atoms with Crippen LogP contribution in [-0.2, 0) is 41.7 Å². The third-order valence-electron chi connectivity index (χ3n) is 11.9. The summed E-state index contributed by atoms with van der Waals surface area (Å²) < 4.78 is 45.7. The lowest BCUT2D eigenvalue weighted by Gasteiger charge is -2.32. The van der Waals surface area contributed by atoms with Crippen LogP contribution in [0.3, 0.4) is 0 Å². The lowest BCUT2D eigenvalue weighted by atomic mass is 9.76. The molecule has 0 aliphatic rings. The van der Waals surface area contributed by atoms with E-state index in [1.165, 1.54) is 35.9 Å². The van der Waals surface area contributed by atoms with Gasteiger partial charge in [-0.1, -0.05) is 135 Å². The van der Waals surface area contributed by atoms with Crippen LogP contribution in [0.15, 0.2) is 131 Å². The first kappa shape index (κ1) is 49.4. The topological polar surface area (TPSA) is 137 Å². The highest BCUT2D eigenvalue weighted by atomic mass is 35.5. The maximum Gasteiger partial charge on any atom is 0.273 e. The number of halogens is 1. The van der Waals surface area contributed by atoms with E-state index >= 15 is 0 Å². The van der Waals surface area contributed by atoms with Crippen molar-refractivity contribution in [2.45, 2.75) is 121 Å². The molecular formula is C52H61ClN2O8S. The van der Waals surface area contributed by atoms with E-state index in [0.29, 0.717) is 30.2 Å². The molecule has 0 saturated carbocycles. The molecule has 2 N–H and O–H groups in total. The number of hydrogen-bond donors (Lipinski definition) is 2. The van der Waals surface area contributed by atoms with Crippen LogP contribution in [0.2, 0.25) is 5.02 Å². The van der Waals surface area contributed by atoms with E-state index in [0.717, 1.165) is 24.0 Å². The van der Waals surface area contributed by atoms with Gasteiger partial charge in [-0.3, -0.25) is 14.4 Å². The molecule has 5 aromatic rings. The summed E-state index contributed by atoms with van der Waals surface area (Å²) in [4.78, 5) is 42.0. The molecule has 64 heavy (non-hydrogen) atoms. The Morgan fingerprint density at radius 2 is 1.27 bits per heavy atom. The Hall–Kier alpha value is -5.65. The molecule has 5 rings (SSSR count). The molecule has 0 saturated heterocycles. The first-order valence-corrected chi connectivity index (χ1v) is 23.6. The number of ether oxygens (including phenoxy) is 3. The summed E-state index contributed by atoms with van der Waals surface area (Å²) in [6.07, 6.45) is -0.443. The van der Waals surface area contributed by atoms with Crippen LogP contribution in [0.4, 0.5) is 5.69 Å². The number of nitrogens with one attached hydrogen (secondary N) is 2. The second-order valence-electron chi connectivity index (χ2n) is 17.9. The zero-order chi connectivity index (χ0) is 46.9. The number of benzene rings is 5. The lowest BCUT2D eigenvalue weighted by molar-refractivity contribution is -0.141. The maximum atomic E-state index is 14.4. The highest BCUT2D eigenvalue weighted by Crippen LogP contribution is 2.39. The minimum atomic E-state index is -4.04. The van der Waals surface area contributed by atoms with E-state index in [4.69, 9.17) is 25.8 Å². The van der Waals surface area contributed by atoms with E-state index in [-0.39, 0.29) is 37.9 Å². The van der Waals surface area contributed by atoms with Crippen LogP contribution in [0.5, 0.6) is 17.2 Å². The predicted molar refractivity (Wildman–Crippen MR) is 253 cm³/mol. The van der Waals surface area contributed by atoms with Gasteiger partial charge in [0.25, 0.3) is 11.8 Å². The van der Waals surface area contributed by atoms with Crippen LogP contribution >= 0.6 is 11.6 Å². The summed E-state index contributed by atoms with van der Waals surface area (Å²) >= 11 is 6.66. The number of amides is 2. The van der Waals surface area contributed by atoms with Crippen molar-refractivity contribution >= 4 is 44.7 Å². The van der Waals surface area contributed by atoms with E-state index in [1.54, 1.807) is 56.3 Å². The van der Waals surface area contributed by atoms with Crippen LogP contribution in [-0.4, -0.2) is 44.8 Å². The van der Waals surface area contributed by atoms with Gasteiger partial charge in [-0.15, -0.1) is 0 Å². The highest BCUT2D eigenvalue weighted by Gasteiger charge is 2.41. The third-order valence-corrected chi connectivity index (χ3v) is 14.0. The van der Waals surface area contributed by atoms with Gasteiger partial charge in [-0.25, -0.2) is 8.42 Å². The molecule has 2 atom stereocenters. The van der Waals surface area contributed by atoms with Crippen molar-refractivity contribution in [1.82, 2.24) is 5.32 Å². The molecule has 12 heteroatoms. The molecule has 10 nitrogen and oxygen atoms in total. The summed E-state index contributed by atoms with van der Waals surface area (Å²) in [6, 6.07) is 34.2. The Balaban J connectivity index is 1.33. The minimum Gasteiger partial charge on any atom is -0.489 e. The minimum absolute atomic E-state index is 0.0123. The Morgan fingerprint density at radius 1 is 0.672 bits per heavy atom. The Kier molecular flexibility index (Phi) is 16.1. The van der Waals surface area contributed by atoms with E-state index in [2.05, 4.69) is 64.3 Å². The van der Waals surface area contributed by atoms with Gasteiger partial charge < -0.3 is 24.8 Å². The predicted octanol–water partition coefficient (Wildman–Crippen LogP) is 11.1. The largest absolute Gasteiger partial charge is 0.489 e. The normalized spacial score (nSPS) is 13.0. The van der Waals surface area contributed by atoms with Gasteiger partial charge in [-0.2, -0.15) is 0 Å². The summed E-state index contributed by atoms with van der Waals surface area (Å²) in [6.45, 7) is 18.3. The van der Waals surface area contributed by atoms with E-state index in [9.17, 15) is 22.8 Å². The zero-order valence-electron chi connectivity index (χ0n) is 38.3. The second kappa shape index (κ2) is 20.9. The van der Waals surface area contributed by atoms with Crippen molar-refractivity contribution in [2.75, 3.05) is 11.9 Å². The molecule has 0 fully saturated rings. The average molecular weight is 910 g/mol. The smallest absolute Gasteiger partial charge is 0.273 e. The van der Waals surface area contributed by atoms with Crippen LogP contribution in [0.25, 0.3) is 0 Å². The first-order chi connectivity index (χ1) is 30.2. The Bertz CT molecular complexity index is 2510. The molecule has 0 spiro atoms. The van der Waals surface area contributed by atoms with Gasteiger partial charge in [0.2, 0.25) is 15.9 Å². The quantitative estimate of drug-likeness (QED) is 0.0695. The lowest BCUT2D eigenvalue weighted by Crippen LogP contribution is -2.51. The number of Topliss-reactive ketones (excluding diaryl/α,β-unsaturated/α-hetero) is 1. The summed E-state index contributed by atoms with van der Waals surface area (Å²) in [5.74, 6) is -0.819. The van der Waals surface area contributed by atoms with Gasteiger partial charge >= 0.3 is 0 Å². The fourth-order valence-corrected chi connectivity index (χ4v) is 8.31. The van der Waals surface area contributed by atoms with Crippen molar-refractivity contribution in [3.05, 3.63) is 143 Å². The average Bonchev–Trinajstić information content (AvgIpc) is 3.29. The fourth-order valence-electron chi connectivity index (χ4n) is 6.74. The monoisotopic (exact) mass is 908 g/mol. The number of ketones is 1. The molecule has 340 valence electrons. The SMILES string of the molecule is CCC(Oc1ccc(C(C)(C)CC)cc1C(C)(C)CC)C(=O)NCC(C)(C)C(=O)C(Oc1ccc(S(=O)(=O)c2ccc(OCc3ccccc3)cc2)cc1Cl)C(=O)Nc1ccccc1. The Morgan fingerprint density at radius 3 is 1.86 bits per heavy atom.